The van der Waals surface area contributed by atoms with Crippen LogP contribution in [0.25, 0.3) is 0 Å². The molecule has 1 aromatic heterocycles. The number of hydrogen-bond donors (Lipinski definition) is 3. The number of pyridine rings is 1. The molecule has 98 valence electrons. The molecule has 0 radical (unpaired) electrons. The molecule has 5 heteroatoms. The first-order chi connectivity index (χ1) is 9.06. The normalized spacial score (nSPS) is 11.8. The molecule has 2 aromatic rings. The fourth-order valence-electron chi connectivity index (χ4n) is 1.82. The molecular weight excluding hydrogens is 240 g/mol. The van der Waals surface area contributed by atoms with Crippen LogP contribution in [0, 0.1) is 0 Å². The van der Waals surface area contributed by atoms with E-state index >= 15 is 0 Å². The molecule has 5 nitrogen and oxygen atoms in total. The van der Waals surface area contributed by atoms with Crippen molar-refractivity contribution in [2.75, 3.05) is 11.5 Å². The van der Waals surface area contributed by atoms with Crippen LogP contribution in [-0.4, -0.2) is 10.9 Å². The molecule has 0 saturated carbocycles. The van der Waals surface area contributed by atoms with Crippen LogP contribution in [0.15, 0.2) is 42.7 Å². The summed E-state index contributed by atoms with van der Waals surface area (Å²) < 4.78 is 0. The zero-order valence-electron chi connectivity index (χ0n) is 10.6. The molecule has 0 aliphatic heterocycles. The number of carbonyl (C=O) groups is 1. The summed E-state index contributed by atoms with van der Waals surface area (Å²) in [6, 6.07) is 8.43. The van der Waals surface area contributed by atoms with Crippen molar-refractivity contribution >= 4 is 17.3 Å². The number of nitrogens with one attached hydrogen (secondary N) is 1. The highest BCUT2D eigenvalue weighted by Gasteiger charge is 2.12. The van der Waals surface area contributed by atoms with Crippen LogP contribution in [0.1, 0.15) is 28.9 Å². The summed E-state index contributed by atoms with van der Waals surface area (Å²) >= 11 is 0. The molecule has 1 unspecified atom stereocenters. The van der Waals surface area contributed by atoms with Crippen molar-refractivity contribution in [2.24, 2.45) is 0 Å². The van der Waals surface area contributed by atoms with Gasteiger partial charge in [-0.2, -0.15) is 0 Å². The highest BCUT2D eigenvalue weighted by Crippen LogP contribution is 2.16. The fourth-order valence-corrected chi connectivity index (χ4v) is 1.82. The van der Waals surface area contributed by atoms with Gasteiger partial charge in [0.2, 0.25) is 0 Å². The maximum atomic E-state index is 12.1. The number of anilines is 2. The van der Waals surface area contributed by atoms with E-state index in [9.17, 15) is 4.79 Å². The lowest BCUT2D eigenvalue weighted by atomic mass is 10.1. The molecule has 1 heterocycles. The Morgan fingerprint density at radius 2 is 1.74 bits per heavy atom. The van der Waals surface area contributed by atoms with Gasteiger partial charge in [0.05, 0.1) is 6.04 Å². The van der Waals surface area contributed by atoms with Crippen LogP contribution in [0.5, 0.6) is 0 Å². The highest BCUT2D eigenvalue weighted by molar-refractivity contribution is 5.96. The van der Waals surface area contributed by atoms with Gasteiger partial charge in [-0.05, 0) is 42.8 Å². The Labute approximate surface area is 111 Å². The number of aromatic nitrogens is 1. The van der Waals surface area contributed by atoms with E-state index in [1.54, 1.807) is 30.6 Å². The van der Waals surface area contributed by atoms with E-state index in [4.69, 9.17) is 11.5 Å². The third-order valence-electron chi connectivity index (χ3n) is 2.79. The fraction of sp³-hybridized carbons (Fsp3) is 0.143. The summed E-state index contributed by atoms with van der Waals surface area (Å²) in [5, 5.41) is 2.89. The second-order valence-electron chi connectivity index (χ2n) is 4.36. The summed E-state index contributed by atoms with van der Waals surface area (Å²) in [5.41, 5.74) is 13.7. The predicted molar refractivity (Wildman–Crippen MR) is 75.4 cm³/mol. The lowest BCUT2D eigenvalue weighted by molar-refractivity contribution is 0.0940. The largest absolute Gasteiger partial charge is 0.399 e. The van der Waals surface area contributed by atoms with Crippen LogP contribution >= 0.6 is 0 Å². The lowest BCUT2D eigenvalue weighted by Crippen LogP contribution is -2.26. The number of benzene rings is 1. The minimum Gasteiger partial charge on any atom is -0.399 e. The first kappa shape index (κ1) is 12.9. The third kappa shape index (κ3) is 3.22. The number of nitrogen functional groups attached to an aromatic ring is 2. The zero-order chi connectivity index (χ0) is 13.8. The van der Waals surface area contributed by atoms with E-state index in [0.29, 0.717) is 16.9 Å². The second kappa shape index (κ2) is 5.39. The van der Waals surface area contributed by atoms with Gasteiger partial charge >= 0.3 is 0 Å². The molecule has 0 aliphatic rings. The quantitative estimate of drug-likeness (QED) is 0.729. The standard InChI is InChI=1S/C14H16N4O/c1-9(10-2-4-17-5-3-10)18-14(19)11-6-12(15)8-13(16)7-11/h2-9H,15-16H2,1H3,(H,18,19). The maximum absolute atomic E-state index is 12.1. The summed E-state index contributed by atoms with van der Waals surface area (Å²) in [5.74, 6) is -0.205. The van der Waals surface area contributed by atoms with Crippen LogP contribution < -0.4 is 16.8 Å². The summed E-state index contributed by atoms with van der Waals surface area (Å²) in [6.45, 7) is 1.91. The molecular formula is C14H16N4O. The Balaban J connectivity index is 2.13. The molecule has 0 fully saturated rings. The zero-order valence-corrected chi connectivity index (χ0v) is 10.6. The number of hydrogen-bond acceptors (Lipinski definition) is 4. The topological polar surface area (TPSA) is 94.0 Å². The van der Waals surface area contributed by atoms with Gasteiger partial charge < -0.3 is 16.8 Å². The third-order valence-corrected chi connectivity index (χ3v) is 2.79. The molecule has 1 aromatic carbocycles. The van der Waals surface area contributed by atoms with Crippen molar-refractivity contribution in [3.63, 3.8) is 0 Å². The Hall–Kier alpha value is -2.56. The van der Waals surface area contributed by atoms with Crippen molar-refractivity contribution < 1.29 is 4.79 Å². The van der Waals surface area contributed by atoms with Crippen molar-refractivity contribution in [3.8, 4) is 0 Å². The molecule has 19 heavy (non-hydrogen) atoms. The van der Waals surface area contributed by atoms with Gasteiger partial charge in [0.15, 0.2) is 0 Å². The number of nitrogens with two attached hydrogens (primary N) is 2. The van der Waals surface area contributed by atoms with Crippen molar-refractivity contribution in [1.29, 1.82) is 0 Å². The monoisotopic (exact) mass is 256 g/mol. The van der Waals surface area contributed by atoms with E-state index in [-0.39, 0.29) is 11.9 Å². The number of amides is 1. The average molecular weight is 256 g/mol. The molecule has 5 N–H and O–H groups in total. The van der Waals surface area contributed by atoms with Gasteiger partial charge in [-0.25, -0.2) is 0 Å². The molecule has 0 bridgehead atoms. The van der Waals surface area contributed by atoms with Gasteiger partial charge in [-0.15, -0.1) is 0 Å². The molecule has 0 spiro atoms. The molecule has 1 atom stereocenters. The van der Waals surface area contributed by atoms with Crippen LogP contribution in [0.2, 0.25) is 0 Å². The number of rotatable bonds is 3. The SMILES string of the molecule is CC(NC(=O)c1cc(N)cc(N)c1)c1ccncc1. The predicted octanol–water partition coefficient (Wildman–Crippen LogP) is 1.74. The van der Waals surface area contributed by atoms with Gasteiger partial charge in [0.1, 0.15) is 0 Å². The first-order valence-corrected chi connectivity index (χ1v) is 5.93. The van der Waals surface area contributed by atoms with Crippen LogP contribution in [0.3, 0.4) is 0 Å². The van der Waals surface area contributed by atoms with Gasteiger partial charge in [0, 0.05) is 29.3 Å². The smallest absolute Gasteiger partial charge is 0.251 e. The molecule has 0 saturated heterocycles. The maximum Gasteiger partial charge on any atom is 0.251 e. The van der Waals surface area contributed by atoms with E-state index in [1.807, 2.05) is 19.1 Å². The van der Waals surface area contributed by atoms with E-state index in [0.717, 1.165) is 5.56 Å². The second-order valence-corrected chi connectivity index (χ2v) is 4.36. The minimum absolute atomic E-state index is 0.113. The molecule has 1 amide bonds. The van der Waals surface area contributed by atoms with Crippen LogP contribution in [-0.2, 0) is 0 Å². The lowest BCUT2D eigenvalue weighted by Gasteiger charge is -2.14. The Morgan fingerprint density at radius 3 is 2.32 bits per heavy atom. The van der Waals surface area contributed by atoms with Crippen molar-refractivity contribution in [2.45, 2.75) is 13.0 Å². The molecule has 2 rings (SSSR count). The average Bonchev–Trinajstić information content (AvgIpc) is 2.38. The number of carbonyl (C=O) groups excluding carboxylic acids is 1. The van der Waals surface area contributed by atoms with Gasteiger partial charge in [-0.3, -0.25) is 9.78 Å². The van der Waals surface area contributed by atoms with E-state index in [1.165, 1.54) is 0 Å². The Kier molecular flexibility index (Phi) is 3.66. The van der Waals surface area contributed by atoms with Crippen molar-refractivity contribution in [3.05, 3.63) is 53.9 Å². The Morgan fingerprint density at radius 1 is 1.16 bits per heavy atom. The van der Waals surface area contributed by atoms with Crippen LogP contribution in [0.4, 0.5) is 11.4 Å². The Bertz CT molecular complexity index is 563. The number of nitrogens with zero attached hydrogens (tertiary/aromatic N) is 1. The summed E-state index contributed by atoms with van der Waals surface area (Å²) in [6.07, 6.45) is 3.38. The molecule has 0 aliphatic carbocycles. The van der Waals surface area contributed by atoms with Gasteiger partial charge in [0.25, 0.3) is 5.91 Å². The summed E-state index contributed by atoms with van der Waals surface area (Å²) in [4.78, 5) is 16.0. The van der Waals surface area contributed by atoms with Crippen molar-refractivity contribution in [1.82, 2.24) is 10.3 Å². The first-order valence-electron chi connectivity index (χ1n) is 5.93. The summed E-state index contributed by atoms with van der Waals surface area (Å²) in [7, 11) is 0. The van der Waals surface area contributed by atoms with E-state index in [2.05, 4.69) is 10.3 Å². The van der Waals surface area contributed by atoms with E-state index < -0.39 is 0 Å². The highest BCUT2D eigenvalue weighted by atomic mass is 16.1. The van der Waals surface area contributed by atoms with Gasteiger partial charge in [-0.1, -0.05) is 0 Å². The minimum atomic E-state index is -0.205.